The fourth-order valence-corrected chi connectivity index (χ4v) is 3.73. The summed E-state index contributed by atoms with van der Waals surface area (Å²) < 4.78 is 13.0. The van der Waals surface area contributed by atoms with E-state index in [9.17, 15) is 9.18 Å². The Bertz CT molecular complexity index is 942. The van der Waals surface area contributed by atoms with Crippen molar-refractivity contribution in [3.63, 3.8) is 0 Å². The number of aromatic amines is 1. The number of halogens is 2. The Morgan fingerprint density at radius 1 is 1.17 bits per heavy atom. The maximum atomic E-state index is 13.0. The van der Waals surface area contributed by atoms with Gasteiger partial charge in [-0.05, 0) is 73.3 Å². The van der Waals surface area contributed by atoms with E-state index >= 15 is 0 Å². The molecule has 3 aromatic rings. The van der Waals surface area contributed by atoms with Crippen LogP contribution < -0.4 is 5.32 Å². The molecule has 1 aliphatic rings. The molecule has 1 saturated heterocycles. The van der Waals surface area contributed by atoms with Gasteiger partial charge >= 0.3 is 0 Å². The number of hydrogen-bond donors (Lipinski definition) is 2. The fourth-order valence-electron chi connectivity index (χ4n) is 3.73. The van der Waals surface area contributed by atoms with Crippen LogP contribution in [-0.2, 0) is 11.2 Å². The predicted octanol–water partition coefficient (Wildman–Crippen LogP) is 3.32. The Balaban J connectivity index is 0.00000256. The van der Waals surface area contributed by atoms with Crippen molar-refractivity contribution < 1.29 is 9.18 Å². The first kappa shape index (κ1) is 21.9. The number of nitrogens with zero attached hydrogens (tertiary/aromatic N) is 4. The highest BCUT2D eigenvalue weighted by Gasteiger charge is 2.21. The Labute approximate surface area is 180 Å². The van der Waals surface area contributed by atoms with Crippen LogP contribution in [0.1, 0.15) is 18.4 Å². The maximum Gasteiger partial charge on any atom is 0.238 e. The quantitative estimate of drug-likeness (QED) is 0.626. The van der Waals surface area contributed by atoms with Crippen LogP contribution in [0.5, 0.6) is 0 Å². The standard InChI is InChI=1S/C21H23FN6O.ClH/c22-18-6-4-15(5-7-18)12-16-8-10-28(11-9-16)14-20(29)23-19-3-1-2-17(13-19)21-24-26-27-25-21;/h1-7,13,16H,8-12,14H2,(H,23,29)(H,24,25,26,27);1H. The van der Waals surface area contributed by atoms with Gasteiger partial charge in [0.1, 0.15) is 5.82 Å². The van der Waals surface area contributed by atoms with Crippen LogP contribution in [-0.4, -0.2) is 51.1 Å². The summed E-state index contributed by atoms with van der Waals surface area (Å²) in [5.41, 5.74) is 2.67. The van der Waals surface area contributed by atoms with E-state index in [0.29, 0.717) is 24.0 Å². The van der Waals surface area contributed by atoms with Gasteiger partial charge in [-0.3, -0.25) is 9.69 Å². The number of tetrazole rings is 1. The third-order valence-electron chi connectivity index (χ3n) is 5.26. The van der Waals surface area contributed by atoms with E-state index in [-0.39, 0.29) is 24.1 Å². The first-order chi connectivity index (χ1) is 14.2. The summed E-state index contributed by atoms with van der Waals surface area (Å²) >= 11 is 0. The molecule has 30 heavy (non-hydrogen) atoms. The van der Waals surface area contributed by atoms with Crippen molar-refractivity contribution in [1.29, 1.82) is 0 Å². The molecule has 0 aliphatic carbocycles. The molecule has 1 aromatic heterocycles. The zero-order valence-electron chi connectivity index (χ0n) is 16.4. The first-order valence-corrected chi connectivity index (χ1v) is 9.76. The van der Waals surface area contributed by atoms with Crippen LogP contribution >= 0.6 is 12.4 Å². The van der Waals surface area contributed by atoms with E-state index < -0.39 is 0 Å². The lowest BCUT2D eigenvalue weighted by atomic mass is 9.90. The van der Waals surface area contributed by atoms with Crippen molar-refractivity contribution in [2.24, 2.45) is 5.92 Å². The fraction of sp³-hybridized carbons (Fsp3) is 0.333. The summed E-state index contributed by atoms with van der Waals surface area (Å²) in [7, 11) is 0. The van der Waals surface area contributed by atoms with Gasteiger partial charge in [0.25, 0.3) is 0 Å². The molecular weight excluding hydrogens is 407 g/mol. The molecule has 9 heteroatoms. The highest BCUT2D eigenvalue weighted by Crippen LogP contribution is 2.22. The first-order valence-electron chi connectivity index (χ1n) is 9.76. The van der Waals surface area contributed by atoms with Gasteiger partial charge in [-0.25, -0.2) is 4.39 Å². The van der Waals surface area contributed by atoms with E-state index in [1.807, 2.05) is 36.4 Å². The molecule has 7 nitrogen and oxygen atoms in total. The third-order valence-corrected chi connectivity index (χ3v) is 5.26. The lowest BCUT2D eigenvalue weighted by Gasteiger charge is -2.31. The van der Waals surface area contributed by atoms with Crippen LogP contribution in [0.2, 0.25) is 0 Å². The molecule has 0 radical (unpaired) electrons. The number of piperidine rings is 1. The van der Waals surface area contributed by atoms with Crippen molar-refractivity contribution in [3.05, 3.63) is 59.9 Å². The van der Waals surface area contributed by atoms with E-state index in [4.69, 9.17) is 0 Å². The van der Waals surface area contributed by atoms with E-state index in [1.165, 1.54) is 17.7 Å². The number of carbonyl (C=O) groups excluding carboxylic acids is 1. The van der Waals surface area contributed by atoms with Crippen molar-refractivity contribution in [2.45, 2.75) is 19.3 Å². The number of anilines is 1. The van der Waals surface area contributed by atoms with Gasteiger partial charge in [0.05, 0.1) is 6.54 Å². The van der Waals surface area contributed by atoms with E-state index in [1.54, 1.807) is 0 Å². The predicted molar refractivity (Wildman–Crippen MR) is 115 cm³/mol. The Hall–Kier alpha value is -2.84. The van der Waals surface area contributed by atoms with Gasteiger partial charge in [-0.2, -0.15) is 5.21 Å². The molecular formula is C21H24ClFN6O. The molecule has 1 amide bonds. The number of rotatable bonds is 6. The molecule has 2 aromatic carbocycles. The van der Waals surface area contributed by atoms with E-state index in [2.05, 4.69) is 30.8 Å². The molecule has 0 spiro atoms. The number of hydrogen-bond acceptors (Lipinski definition) is 5. The summed E-state index contributed by atoms with van der Waals surface area (Å²) in [5.74, 6) is 0.834. The summed E-state index contributed by atoms with van der Waals surface area (Å²) in [6.45, 7) is 2.15. The molecule has 158 valence electrons. The van der Waals surface area contributed by atoms with Gasteiger partial charge in [-0.1, -0.05) is 24.3 Å². The monoisotopic (exact) mass is 430 g/mol. The van der Waals surface area contributed by atoms with Crippen molar-refractivity contribution in [1.82, 2.24) is 25.5 Å². The number of amides is 1. The highest BCUT2D eigenvalue weighted by molar-refractivity contribution is 5.92. The van der Waals surface area contributed by atoms with Gasteiger partial charge in [0.15, 0.2) is 0 Å². The molecule has 0 bridgehead atoms. The minimum Gasteiger partial charge on any atom is -0.325 e. The summed E-state index contributed by atoms with van der Waals surface area (Å²) in [5, 5.41) is 16.8. The Morgan fingerprint density at radius 3 is 2.63 bits per heavy atom. The van der Waals surface area contributed by atoms with E-state index in [0.717, 1.165) is 37.9 Å². The smallest absolute Gasteiger partial charge is 0.238 e. The van der Waals surface area contributed by atoms with Gasteiger partial charge in [-0.15, -0.1) is 22.6 Å². The molecule has 4 rings (SSSR count). The van der Waals surface area contributed by atoms with Crippen LogP contribution in [0.3, 0.4) is 0 Å². The number of aromatic nitrogens is 4. The lowest BCUT2D eigenvalue weighted by Crippen LogP contribution is -2.39. The Kier molecular flexibility index (Phi) is 7.48. The highest BCUT2D eigenvalue weighted by atomic mass is 35.5. The van der Waals surface area contributed by atoms with Crippen LogP contribution in [0, 0.1) is 11.7 Å². The summed E-state index contributed by atoms with van der Waals surface area (Å²) in [6.07, 6.45) is 3.04. The molecule has 2 heterocycles. The SMILES string of the molecule is Cl.O=C(CN1CCC(Cc2ccc(F)cc2)CC1)Nc1cccc(-c2nn[nH]n2)c1. The van der Waals surface area contributed by atoms with Gasteiger partial charge in [0, 0.05) is 11.3 Å². The normalized spacial score (nSPS) is 14.8. The largest absolute Gasteiger partial charge is 0.325 e. The molecule has 0 unspecified atom stereocenters. The second kappa shape index (κ2) is 10.3. The molecule has 1 aliphatic heterocycles. The van der Waals surface area contributed by atoms with Crippen molar-refractivity contribution in [3.8, 4) is 11.4 Å². The van der Waals surface area contributed by atoms with Crippen LogP contribution in [0.15, 0.2) is 48.5 Å². The maximum absolute atomic E-state index is 13.0. The number of nitrogens with one attached hydrogen (secondary N) is 2. The average Bonchev–Trinajstić information content (AvgIpc) is 3.26. The molecule has 0 saturated carbocycles. The zero-order chi connectivity index (χ0) is 20.1. The number of carbonyl (C=O) groups is 1. The molecule has 1 fully saturated rings. The molecule has 0 atom stereocenters. The van der Waals surface area contributed by atoms with Gasteiger partial charge in [0.2, 0.25) is 11.7 Å². The summed E-state index contributed by atoms with van der Waals surface area (Å²) in [4.78, 5) is 14.6. The molecule has 2 N–H and O–H groups in total. The van der Waals surface area contributed by atoms with Gasteiger partial charge < -0.3 is 5.32 Å². The van der Waals surface area contributed by atoms with Crippen molar-refractivity contribution >= 4 is 24.0 Å². The minimum absolute atomic E-state index is 0. The minimum atomic E-state index is -0.197. The van der Waals surface area contributed by atoms with Crippen LogP contribution in [0.4, 0.5) is 10.1 Å². The number of likely N-dealkylation sites (tertiary alicyclic amines) is 1. The number of H-pyrrole nitrogens is 1. The second-order valence-electron chi connectivity index (χ2n) is 7.41. The lowest BCUT2D eigenvalue weighted by molar-refractivity contribution is -0.117. The van der Waals surface area contributed by atoms with Crippen molar-refractivity contribution in [2.75, 3.05) is 25.0 Å². The third kappa shape index (κ3) is 5.84. The topological polar surface area (TPSA) is 86.8 Å². The Morgan fingerprint density at radius 2 is 1.93 bits per heavy atom. The number of benzene rings is 2. The van der Waals surface area contributed by atoms with Crippen LogP contribution in [0.25, 0.3) is 11.4 Å². The zero-order valence-corrected chi connectivity index (χ0v) is 17.2. The second-order valence-corrected chi connectivity index (χ2v) is 7.41. The average molecular weight is 431 g/mol. The summed E-state index contributed by atoms with van der Waals surface area (Å²) in [6, 6.07) is 14.1.